The minimum absolute atomic E-state index is 0.0373. The number of amides is 8. The second kappa shape index (κ2) is 31.7. The van der Waals surface area contributed by atoms with Crippen molar-refractivity contribution in [1.29, 1.82) is 0 Å². The van der Waals surface area contributed by atoms with Crippen LogP contribution in [0.5, 0.6) is 5.75 Å². The van der Waals surface area contributed by atoms with Crippen molar-refractivity contribution in [3.8, 4) is 5.75 Å². The first-order valence-electron chi connectivity index (χ1n) is 27.4. The minimum Gasteiger partial charge on any atom is -0.508 e. The summed E-state index contributed by atoms with van der Waals surface area (Å²) >= 11 is 0. The third-order valence-corrected chi connectivity index (χ3v) is 13.8. The number of carbonyl (C=O) groups excluding carboxylic acids is 8. The fourth-order valence-corrected chi connectivity index (χ4v) is 9.24. The smallest absolute Gasteiger partial charge is 0.326 e. The van der Waals surface area contributed by atoms with E-state index in [-0.39, 0.29) is 69.7 Å². The zero-order valence-electron chi connectivity index (χ0n) is 47.1. The molecule has 3 heterocycles. The Labute approximate surface area is 483 Å². The van der Waals surface area contributed by atoms with Crippen molar-refractivity contribution in [3.05, 3.63) is 102 Å². The van der Waals surface area contributed by atoms with Gasteiger partial charge in [-0.1, -0.05) is 70.2 Å². The van der Waals surface area contributed by atoms with Gasteiger partial charge in [0.05, 0.1) is 25.1 Å². The number of nitrogens with zero attached hydrogens (tertiary/aromatic N) is 4. The van der Waals surface area contributed by atoms with Crippen LogP contribution in [0.15, 0.2) is 84.6 Å². The molecule has 0 bridgehead atoms. The fraction of sp³-hybridized carbons (Fsp3) is 0.473. The number of rotatable bonds is 32. The highest BCUT2D eigenvalue weighted by Crippen LogP contribution is 2.21. The Morgan fingerprint density at radius 3 is 1.65 bits per heavy atom. The number of hydrogen-bond donors (Lipinski definition) is 15. The van der Waals surface area contributed by atoms with Crippen LogP contribution < -0.4 is 54.4 Å². The van der Waals surface area contributed by atoms with E-state index in [1.807, 2.05) is 0 Å². The van der Waals surface area contributed by atoms with Crippen molar-refractivity contribution < 1.29 is 63.3 Å². The molecule has 2 aromatic heterocycles. The molecule has 8 amide bonds. The minimum atomic E-state index is -1.52. The second-order valence-electron chi connectivity index (χ2n) is 21.1. The maximum atomic E-state index is 14.8. The number of imidazole rings is 2. The van der Waals surface area contributed by atoms with Crippen molar-refractivity contribution >= 4 is 65.2 Å². The summed E-state index contributed by atoms with van der Waals surface area (Å²) in [5, 5.41) is 47.8. The van der Waals surface area contributed by atoms with Gasteiger partial charge in [-0.05, 0) is 60.8 Å². The third-order valence-electron chi connectivity index (χ3n) is 13.8. The molecule has 1 aliphatic rings. The Hall–Kier alpha value is -9.41. The van der Waals surface area contributed by atoms with Crippen LogP contribution in [0.25, 0.3) is 0 Å². The number of carboxylic acids is 2. The van der Waals surface area contributed by atoms with Crippen molar-refractivity contribution in [2.75, 3.05) is 13.1 Å². The molecule has 0 unspecified atom stereocenters. The van der Waals surface area contributed by atoms with E-state index in [0.717, 1.165) is 0 Å². The van der Waals surface area contributed by atoms with Gasteiger partial charge in [0.2, 0.25) is 47.3 Å². The molecule has 0 aliphatic carbocycles. The Morgan fingerprint density at radius 2 is 1.13 bits per heavy atom. The summed E-state index contributed by atoms with van der Waals surface area (Å²) in [5.74, 6) is -10.8. The van der Waals surface area contributed by atoms with Gasteiger partial charge in [0.25, 0.3) is 0 Å². The van der Waals surface area contributed by atoms with Gasteiger partial charge in [0.15, 0.2) is 5.96 Å². The molecule has 0 radical (unpaired) electrons. The third kappa shape index (κ3) is 20.2. The van der Waals surface area contributed by atoms with E-state index in [2.05, 4.69) is 62.1 Å². The molecule has 1 fully saturated rings. The standard InChI is InChI=1S/C55H76N16O13/c1-29(2)44(69-47(76)37(12-8-18-61-55(57)58)64-46(75)36(56)24-43(73)74)51(80)66-39(21-32-14-16-35(72)17-15-32)49(78)70-45(30(3)4)52(81)67-40(22-33-25-59-27-62-33)53(82)71-19-9-13-42(71)50(79)65-38(20-31-10-6-5-7-11-31)48(77)68-41(54(83)84)23-34-26-60-28-63-34/h5-7,10-11,14-17,25-30,36-42,44-45,72H,8-9,12-13,18-24,56H2,1-4H3,(H,59,62)(H,60,63)(H,64,75)(H,65,79)(H,66,80)(H,67,81)(H,68,77)(H,69,76)(H,70,78)(H,73,74)(H,83,84)(H4,57,58,61)/t36-,37-,38-,39-,40-,41-,42-,44-,45-/m0/s1. The summed E-state index contributed by atoms with van der Waals surface area (Å²) < 4.78 is 0. The van der Waals surface area contributed by atoms with E-state index in [1.165, 1.54) is 54.2 Å². The lowest BCUT2D eigenvalue weighted by atomic mass is 9.98. The van der Waals surface area contributed by atoms with E-state index in [4.69, 9.17) is 17.2 Å². The number of nitrogens with two attached hydrogens (primary N) is 3. The largest absolute Gasteiger partial charge is 0.508 e. The van der Waals surface area contributed by atoms with Crippen LogP contribution in [0.2, 0.25) is 0 Å². The summed E-state index contributed by atoms with van der Waals surface area (Å²) in [6.07, 6.45) is 4.94. The van der Waals surface area contributed by atoms with Crippen LogP contribution in [0.4, 0.5) is 0 Å². The molecule has 29 nitrogen and oxygen atoms in total. The number of aromatic nitrogens is 4. The first-order valence-corrected chi connectivity index (χ1v) is 27.4. The maximum absolute atomic E-state index is 14.8. The number of likely N-dealkylation sites (tertiary alicyclic amines) is 1. The van der Waals surface area contributed by atoms with Crippen LogP contribution >= 0.6 is 0 Å². The van der Waals surface area contributed by atoms with Gasteiger partial charge in [0.1, 0.15) is 54.1 Å². The number of guanidine groups is 1. The van der Waals surface area contributed by atoms with Gasteiger partial charge in [-0.2, -0.15) is 0 Å². The van der Waals surface area contributed by atoms with Crippen LogP contribution in [0.1, 0.15) is 82.3 Å². The molecule has 5 rings (SSSR count). The number of phenolic OH excluding ortho intramolecular Hbond substituents is 1. The predicted octanol–water partition coefficient (Wildman–Crippen LogP) is -2.25. The summed E-state index contributed by atoms with van der Waals surface area (Å²) in [4.78, 5) is 156. The molecule has 9 atom stereocenters. The number of aromatic amines is 2. The first kappa shape index (κ1) is 65.4. The molecule has 0 spiro atoms. The lowest BCUT2D eigenvalue weighted by molar-refractivity contribution is -0.143. The number of benzene rings is 2. The lowest BCUT2D eigenvalue weighted by Gasteiger charge is -2.32. The van der Waals surface area contributed by atoms with E-state index < -0.39 is 132 Å². The van der Waals surface area contributed by atoms with Crippen LogP contribution in [-0.4, -0.2) is 173 Å². The van der Waals surface area contributed by atoms with Gasteiger partial charge in [-0.3, -0.25) is 48.1 Å². The predicted molar refractivity (Wildman–Crippen MR) is 302 cm³/mol. The molecular weight excluding hydrogens is 1090 g/mol. The number of H-pyrrole nitrogens is 2. The first-order chi connectivity index (χ1) is 39.9. The van der Waals surface area contributed by atoms with E-state index in [1.54, 1.807) is 58.0 Å². The Kier molecular flexibility index (Phi) is 24.7. The average Bonchev–Trinajstić information content (AvgIpc) is 4.46. The lowest BCUT2D eigenvalue weighted by Crippen LogP contribution is -2.62. The van der Waals surface area contributed by atoms with E-state index in [9.17, 15) is 63.3 Å². The molecule has 1 aliphatic heterocycles. The van der Waals surface area contributed by atoms with Gasteiger partial charge in [-0.25, -0.2) is 14.8 Å². The Bertz CT molecular complexity index is 2900. The number of carboxylic acid groups (broad SMARTS) is 2. The monoisotopic (exact) mass is 1170 g/mol. The highest BCUT2D eigenvalue weighted by Gasteiger charge is 2.41. The van der Waals surface area contributed by atoms with Gasteiger partial charge in [-0.15, -0.1) is 0 Å². The maximum Gasteiger partial charge on any atom is 0.326 e. The Morgan fingerprint density at radius 1 is 0.631 bits per heavy atom. The normalized spacial score (nSPS) is 15.8. The molecule has 18 N–H and O–H groups in total. The van der Waals surface area contributed by atoms with Crippen LogP contribution in [-0.2, 0) is 73.6 Å². The number of hydrogen-bond acceptors (Lipinski definition) is 15. The van der Waals surface area contributed by atoms with Crippen molar-refractivity contribution in [2.45, 2.75) is 140 Å². The molecule has 2 aromatic carbocycles. The highest BCUT2D eigenvalue weighted by molar-refractivity contribution is 5.99. The van der Waals surface area contributed by atoms with Gasteiger partial charge >= 0.3 is 11.9 Å². The SMILES string of the molecule is CC(C)[C@H](NC(=O)[C@H](CCCN=C(N)N)NC(=O)[C@@H](N)CC(=O)O)C(=O)N[C@@H](Cc1ccc(O)cc1)C(=O)N[C@H](C(=O)N[C@@H](Cc1cnc[nH]1)C(=O)N1CCC[C@H]1C(=O)N[C@@H](Cc1ccccc1)C(=O)N[C@@H](Cc1cnc[nH]1)C(=O)O)C(C)C. The van der Waals surface area contributed by atoms with Crippen LogP contribution in [0.3, 0.4) is 0 Å². The van der Waals surface area contributed by atoms with Gasteiger partial charge < -0.3 is 84.6 Å². The summed E-state index contributed by atoms with van der Waals surface area (Å²) in [7, 11) is 0. The summed E-state index contributed by atoms with van der Waals surface area (Å²) in [6, 6.07) is 2.21. The number of carbonyl (C=O) groups is 10. The number of nitrogens with one attached hydrogen (secondary N) is 9. The van der Waals surface area contributed by atoms with E-state index >= 15 is 0 Å². The van der Waals surface area contributed by atoms with Gasteiger partial charge in [0, 0.05) is 62.6 Å². The summed E-state index contributed by atoms with van der Waals surface area (Å²) in [5.41, 5.74) is 18.6. The number of aromatic hydroxyl groups is 1. The molecule has 4 aromatic rings. The topological polar surface area (TPSA) is 467 Å². The average molecular weight is 1170 g/mol. The molecule has 84 heavy (non-hydrogen) atoms. The highest BCUT2D eigenvalue weighted by atomic mass is 16.4. The van der Waals surface area contributed by atoms with Crippen LogP contribution in [0, 0.1) is 11.8 Å². The van der Waals surface area contributed by atoms with Crippen molar-refractivity contribution in [2.24, 2.45) is 34.0 Å². The quantitative estimate of drug-likeness (QED) is 0.0139. The number of aliphatic imine (C=N–C) groups is 1. The molecule has 454 valence electrons. The zero-order chi connectivity index (χ0) is 61.6. The molecule has 29 heteroatoms. The molecular formula is C55H76N16O13. The molecule has 0 saturated carbocycles. The zero-order valence-corrected chi connectivity index (χ0v) is 47.1. The van der Waals surface area contributed by atoms with E-state index in [0.29, 0.717) is 28.9 Å². The fourth-order valence-electron chi connectivity index (χ4n) is 9.24. The Balaban J connectivity index is 1.36. The van der Waals surface area contributed by atoms with Crippen molar-refractivity contribution in [1.82, 2.24) is 62.1 Å². The number of phenols is 1. The second-order valence-corrected chi connectivity index (χ2v) is 21.1. The summed E-state index contributed by atoms with van der Waals surface area (Å²) in [6.45, 7) is 6.61. The van der Waals surface area contributed by atoms with Crippen molar-refractivity contribution in [3.63, 3.8) is 0 Å². The molecule has 1 saturated heterocycles. The number of aliphatic carboxylic acids is 2.